The van der Waals surface area contributed by atoms with E-state index in [1.165, 1.54) is 11.3 Å². The number of amides is 1. The van der Waals surface area contributed by atoms with E-state index in [0.717, 1.165) is 5.56 Å². The second-order valence-corrected chi connectivity index (χ2v) is 5.87. The third-order valence-corrected chi connectivity index (χ3v) is 4.70. The zero-order valence-electron chi connectivity index (χ0n) is 10.6. The lowest BCUT2D eigenvalue weighted by atomic mass is 9.82. The molecule has 4 N–H and O–H groups in total. The number of pyridine rings is 1. The molecule has 0 spiro atoms. The van der Waals surface area contributed by atoms with Crippen LogP contribution in [0.4, 0.5) is 5.00 Å². The molecular weight excluding hydrogens is 274 g/mol. The molecule has 0 saturated carbocycles. The number of hydrogen-bond donors (Lipinski definition) is 2. The zero-order chi connectivity index (χ0) is 14.3. The Balaban J connectivity index is 2.06. The number of ketones is 1. The molecule has 0 bridgehead atoms. The van der Waals surface area contributed by atoms with E-state index in [2.05, 4.69) is 4.98 Å². The van der Waals surface area contributed by atoms with Crippen molar-refractivity contribution in [3.63, 3.8) is 0 Å². The summed E-state index contributed by atoms with van der Waals surface area (Å²) in [6.07, 6.45) is 4.44. The fourth-order valence-corrected chi connectivity index (χ4v) is 3.73. The summed E-state index contributed by atoms with van der Waals surface area (Å²) in [6, 6.07) is 3.78. The predicted octanol–water partition coefficient (Wildman–Crippen LogP) is 1.74. The first-order valence-corrected chi connectivity index (χ1v) is 7.03. The number of Topliss-reactive ketones (excluding diaryl/α,β-unsaturated/α-hetero) is 1. The Labute approximate surface area is 119 Å². The molecule has 0 radical (unpaired) electrons. The van der Waals surface area contributed by atoms with E-state index in [-0.39, 0.29) is 11.7 Å². The molecule has 2 heterocycles. The van der Waals surface area contributed by atoms with Crippen molar-refractivity contribution in [1.82, 2.24) is 4.98 Å². The summed E-state index contributed by atoms with van der Waals surface area (Å²) >= 11 is 1.17. The highest BCUT2D eigenvalue weighted by atomic mass is 32.1. The Morgan fingerprint density at radius 2 is 2.00 bits per heavy atom. The highest BCUT2D eigenvalue weighted by Crippen LogP contribution is 2.40. The molecule has 3 rings (SSSR count). The number of primary amides is 1. The van der Waals surface area contributed by atoms with Crippen LogP contribution < -0.4 is 11.5 Å². The summed E-state index contributed by atoms with van der Waals surface area (Å²) in [4.78, 5) is 28.3. The van der Waals surface area contributed by atoms with Crippen molar-refractivity contribution in [2.45, 2.75) is 18.8 Å². The number of carbonyl (C=O) groups is 2. The molecule has 2 aromatic heterocycles. The van der Waals surface area contributed by atoms with Crippen molar-refractivity contribution in [1.29, 1.82) is 0 Å². The van der Waals surface area contributed by atoms with Gasteiger partial charge in [-0.2, -0.15) is 0 Å². The van der Waals surface area contributed by atoms with Gasteiger partial charge in [-0.15, -0.1) is 11.3 Å². The summed E-state index contributed by atoms with van der Waals surface area (Å²) in [5.74, 6) is -0.495. The van der Waals surface area contributed by atoms with Crippen LogP contribution in [0.5, 0.6) is 0 Å². The molecule has 0 aromatic carbocycles. The molecular formula is C14H13N3O2S. The second-order valence-electron chi connectivity index (χ2n) is 4.82. The highest BCUT2D eigenvalue weighted by Gasteiger charge is 2.32. The van der Waals surface area contributed by atoms with Crippen molar-refractivity contribution in [2.24, 2.45) is 5.73 Å². The normalized spacial score (nSPS) is 17.8. The maximum absolute atomic E-state index is 12.2. The van der Waals surface area contributed by atoms with E-state index in [1.54, 1.807) is 12.4 Å². The molecule has 0 aliphatic heterocycles. The van der Waals surface area contributed by atoms with E-state index < -0.39 is 5.91 Å². The summed E-state index contributed by atoms with van der Waals surface area (Å²) < 4.78 is 0. The third-order valence-electron chi connectivity index (χ3n) is 3.59. The van der Waals surface area contributed by atoms with Gasteiger partial charge in [0.25, 0.3) is 5.91 Å². The number of nitrogens with zero attached hydrogens (tertiary/aromatic N) is 1. The Morgan fingerprint density at radius 1 is 1.30 bits per heavy atom. The number of aromatic nitrogens is 1. The van der Waals surface area contributed by atoms with Crippen LogP contribution in [0.25, 0.3) is 0 Å². The van der Waals surface area contributed by atoms with Crippen LogP contribution in [0.3, 0.4) is 0 Å². The van der Waals surface area contributed by atoms with Gasteiger partial charge >= 0.3 is 0 Å². The number of anilines is 1. The Kier molecular flexibility index (Phi) is 3.02. The quantitative estimate of drug-likeness (QED) is 0.878. The van der Waals surface area contributed by atoms with Gasteiger partial charge in [0.1, 0.15) is 0 Å². The summed E-state index contributed by atoms with van der Waals surface area (Å²) in [6.45, 7) is 0. The Morgan fingerprint density at radius 3 is 2.65 bits per heavy atom. The number of hydrogen-bond acceptors (Lipinski definition) is 5. The topological polar surface area (TPSA) is 99.1 Å². The SMILES string of the molecule is NC(=O)c1c(N)sc2c1CC(c1ccncc1)CC2=O. The first-order chi connectivity index (χ1) is 9.58. The van der Waals surface area contributed by atoms with Crippen molar-refractivity contribution in [3.8, 4) is 0 Å². The van der Waals surface area contributed by atoms with Gasteiger partial charge in [-0.05, 0) is 35.6 Å². The van der Waals surface area contributed by atoms with Gasteiger partial charge in [0.05, 0.1) is 15.4 Å². The molecule has 0 fully saturated rings. The molecule has 1 aliphatic carbocycles. The van der Waals surface area contributed by atoms with Crippen LogP contribution in [-0.4, -0.2) is 16.7 Å². The maximum Gasteiger partial charge on any atom is 0.251 e. The highest BCUT2D eigenvalue weighted by molar-refractivity contribution is 7.18. The van der Waals surface area contributed by atoms with Crippen LogP contribution in [-0.2, 0) is 6.42 Å². The standard InChI is InChI=1S/C14H13N3O2S/c15-13(19)11-9-5-8(7-1-3-17-4-2-7)6-10(18)12(9)20-14(11)16/h1-4,8H,5-6,16H2,(H2,15,19). The van der Waals surface area contributed by atoms with E-state index in [1.807, 2.05) is 12.1 Å². The molecule has 0 saturated heterocycles. The lowest BCUT2D eigenvalue weighted by molar-refractivity contribution is 0.0968. The average molecular weight is 287 g/mol. The van der Waals surface area contributed by atoms with E-state index in [0.29, 0.717) is 33.8 Å². The van der Waals surface area contributed by atoms with Crippen LogP contribution in [0.1, 0.15) is 43.5 Å². The molecule has 1 aliphatic rings. The van der Waals surface area contributed by atoms with Crippen molar-refractivity contribution in [2.75, 3.05) is 5.73 Å². The monoisotopic (exact) mass is 287 g/mol. The molecule has 1 amide bonds. The smallest absolute Gasteiger partial charge is 0.251 e. The van der Waals surface area contributed by atoms with Gasteiger partial charge in [-0.1, -0.05) is 0 Å². The largest absolute Gasteiger partial charge is 0.390 e. The van der Waals surface area contributed by atoms with Crippen molar-refractivity contribution >= 4 is 28.0 Å². The van der Waals surface area contributed by atoms with Gasteiger partial charge in [-0.3, -0.25) is 14.6 Å². The van der Waals surface area contributed by atoms with Crippen LogP contribution >= 0.6 is 11.3 Å². The third kappa shape index (κ3) is 1.98. The molecule has 2 aromatic rings. The lowest BCUT2D eigenvalue weighted by Crippen LogP contribution is -2.21. The molecule has 1 atom stereocenters. The number of nitrogens with two attached hydrogens (primary N) is 2. The molecule has 1 unspecified atom stereocenters. The van der Waals surface area contributed by atoms with E-state index in [4.69, 9.17) is 11.5 Å². The first kappa shape index (κ1) is 12.8. The number of nitrogen functional groups attached to an aromatic ring is 1. The first-order valence-electron chi connectivity index (χ1n) is 6.22. The fourth-order valence-electron chi connectivity index (χ4n) is 2.68. The van der Waals surface area contributed by atoms with Gasteiger partial charge in [-0.25, -0.2) is 0 Å². The minimum Gasteiger partial charge on any atom is -0.390 e. The summed E-state index contributed by atoms with van der Waals surface area (Å²) in [5.41, 5.74) is 13.3. The fraction of sp³-hybridized carbons (Fsp3) is 0.214. The van der Waals surface area contributed by atoms with Crippen LogP contribution in [0, 0.1) is 0 Å². The number of rotatable bonds is 2. The van der Waals surface area contributed by atoms with E-state index in [9.17, 15) is 9.59 Å². The maximum atomic E-state index is 12.2. The number of carbonyl (C=O) groups excluding carboxylic acids is 2. The van der Waals surface area contributed by atoms with Crippen molar-refractivity contribution < 1.29 is 9.59 Å². The molecule has 20 heavy (non-hydrogen) atoms. The van der Waals surface area contributed by atoms with Gasteiger partial charge < -0.3 is 11.5 Å². The molecule has 5 nitrogen and oxygen atoms in total. The second kappa shape index (κ2) is 4.72. The summed E-state index contributed by atoms with van der Waals surface area (Å²) in [7, 11) is 0. The molecule has 6 heteroatoms. The van der Waals surface area contributed by atoms with Crippen LogP contribution in [0.15, 0.2) is 24.5 Å². The lowest BCUT2D eigenvalue weighted by Gasteiger charge is -2.22. The van der Waals surface area contributed by atoms with Gasteiger partial charge in [0, 0.05) is 18.8 Å². The number of fused-ring (bicyclic) bond motifs is 1. The number of thiophene rings is 1. The minimum absolute atomic E-state index is 0.0252. The summed E-state index contributed by atoms with van der Waals surface area (Å²) in [5, 5.41) is 0.339. The predicted molar refractivity (Wildman–Crippen MR) is 76.9 cm³/mol. The van der Waals surface area contributed by atoms with Crippen molar-refractivity contribution in [3.05, 3.63) is 46.1 Å². The van der Waals surface area contributed by atoms with Crippen LogP contribution in [0.2, 0.25) is 0 Å². The average Bonchev–Trinajstić information content (AvgIpc) is 2.76. The Bertz CT molecular complexity index is 694. The zero-order valence-corrected chi connectivity index (χ0v) is 11.4. The minimum atomic E-state index is -0.567. The van der Waals surface area contributed by atoms with E-state index >= 15 is 0 Å². The van der Waals surface area contributed by atoms with Gasteiger partial charge in [0.2, 0.25) is 0 Å². The van der Waals surface area contributed by atoms with Gasteiger partial charge in [0.15, 0.2) is 5.78 Å². The Hall–Kier alpha value is -2.21. The molecule has 102 valence electrons.